The lowest BCUT2D eigenvalue weighted by Crippen LogP contribution is -2.46. The lowest BCUT2D eigenvalue weighted by Gasteiger charge is -2.29. The van der Waals surface area contributed by atoms with Gasteiger partial charge >= 0.3 is 5.97 Å². The van der Waals surface area contributed by atoms with Crippen molar-refractivity contribution in [3.8, 4) is 0 Å². The van der Waals surface area contributed by atoms with Crippen molar-refractivity contribution in [1.82, 2.24) is 15.5 Å². The molecule has 1 atom stereocenters. The summed E-state index contributed by atoms with van der Waals surface area (Å²) in [5.74, 6) is -0.291. The van der Waals surface area contributed by atoms with Crippen LogP contribution >= 0.6 is 0 Å². The molecular weight excluding hydrogens is 310 g/mol. The molecule has 0 bridgehead atoms. The van der Waals surface area contributed by atoms with Gasteiger partial charge in [0.1, 0.15) is 5.41 Å². The predicted molar refractivity (Wildman–Crippen MR) is 86.4 cm³/mol. The largest absolute Gasteiger partial charge is 0.481 e. The second-order valence-corrected chi connectivity index (χ2v) is 5.62. The van der Waals surface area contributed by atoms with Gasteiger partial charge in [0.05, 0.1) is 0 Å². The van der Waals surface area contributed by atoms with E-state index in [4.69, 9.17) is 4.52 Å². The van der Waals surface area contributed by atoms with Crippen molar-refractivity contribution in [3.63, 3.8) is 0 Å². The minimum Gasteiger partial charge on any atom is -0.481 e. The quantitative estimate of drug-likeness (QED) is 0.765. The lowest BCUT2D eigenvalue weighted by molar-refractivity contribution is -0.144. The number of rotatable bonds is 8. The number of carboxylic acid groups (broad SMARTS) is 1. The van der Waals surface area contributed by atoms with Gasteiger partial charge in [-0.05, 0) is 18.9 Å². The molecule has 1 amide bonds. The first-order chi connectivity index (χ1) is 11.5. The predicted octanol–water partition coefficient (Wildman–Crippen LogP) is 1.86. The molecule has 2 N–H and O–H groups in total. The van der Waals surface area contributed by atoms with Gasteiger partial charge in [-0.25, -0.2) is 0 Å². The standard InChI is InChI=1S/C17H21N3O4/c1-3-17(16(22)23,13-7-5-4-6-8-13)11-18-14(21)9-10-15-19-12(2)20-24-15/h4-8H,3,9-11H2,1-2H3,(H,18,21)(H,22,23). The highest BCUT2D eigenvalue weighted by Crippen LogP contribution is 2.27. The third-order valence-corrected chi connectivity index (χ3v) is 4.06. The molecule has 7 heteroatoms. The zero-order valence-corrected chi connectivity index (χ0v) is 13.8. The molecule has 0 aliphatic carbocycles. The molecule has 0 saturated carbocycles. The summed E-state index contributed by atoms with van der Waals surface area (Å²) in [6.45, 7) is 3.54. The van der Waals surface area contributed by atoms with Crippen molar-refractivity contribution in [1.29, 1.82) is 0 Å². The number of nitrogens with one attached hydrogen (secondary N) is 1. The van der Waals surface area contributed by atoms with Gasteiger partial charge in [0.15, 0.2) is 5.82 Å². The SMILES string of the molecule is CCC(CNC(=O)CCc1nc(C)no1)(C(=O)O)c1ccccc1. The maximum Gasteiger partial charge on any atom is 0.315 e. The van der Waals surface area contributed by atoms with Crippen LogP contribution in [0, 0.1) is 6.92 Å². The second-order valence-electron chi connectivity index (χ2n) is 5.62. The fourth-order valence-corrected chi connectivity index (χ4v) is 2.54. The Morgan fingerprint density at radius 1 is 1.29 bits per heavy atom. The van der Waals surface area contributed by atoms with E-state index in [9.17, 15) is 14.7 Å². The fourth-order valence-electron chi connectivity index (χ4n) is 2.54. The summed E-state index contributed by atoms with van der Waals surface area (Å²) in [5, 5.41) is 16.1. The van der Waals surface area contributed by atoms with Gasteiger partial charge in [0, 0.05) is 19.4 Å². The number of aliphatic carboxylic acids is 1. The maximum absolute atomic E-state index is 12.0. The van der Waals surface area contributed by atoms with Gasteiger partial charge in [-0.2, -0.15) is 4.98 Å². The molecule has 7 nitrogen and oxygen atoms in total. The van der Waals surface area contributed by atoms with Crippen molar-refractivity contribution in [2.24, 2.45) is 0 Å². The van der Waals surface area contributed by atoms with Crippen LogP contribution in [0.25, 0.3) is 0 Å². The van der Waals surface area contributed by atoms with Crippen LogP contribution in [0.1, 0.15) is 37.0 Å². The third kappa shape index (κ3) is 3.98. The van der Waals surface area contributed by atoms with E-state index in [-0.39, 0.29) is 18.9 Å². The summed E-state index contributed by atoms with van der Waals surface area (Å²) in [6.07, 6.45) is 0.857. The zero-order chi connectivity index (χ0) is 17.6. The second kappa shape index (κ2) is 7.72. The number of amides is 1. The van der Waals surface area contributed by atoms with Gasteiger partial charge in [-0.1, -0.05) is 42.4 Å². The molecule has 1 unspecified atom stereocenters. The Hall–Kier alpha value is -2.70. The van der Waals surface area contributed by atoms with Crippen molar-refractivity contribution < 1.29 is 19.2 Å². The summed E-state index contributed by atoms with van der Waals surface area (Å²) in [6, 6.07) is 8.96. The highest BCUT2D eigenvalue weighted by molar-refractivity contribution is 5.83. The fraction of sp³-hybridized carbons (Fsp3) is 0.412. The Bertz CT molecular complexity index is 699. The first-order valence-electron chi connectivity index (χ1n) is 7.82. The van der Waals surface area contributed by atoms with E-state index >= 15 is 0 Å². The first kappa shape index (κ1) is 17.7. The summed E-state index contributed by atoms with van der Waals surface area (Å²) >= 11 is 0. The van der Waals surface area contributed by atoms with Crippen LogP contribution in [0.15, 0.2) is 34.9 Å². The van der Waals surface area contributed by atoms with Crippen LogP contribution < -0.4 is 5.32 Å². The van der Waals surface area contributed by atoms with Crippen LogP contribution in [-0.4, -0.2) is 33.7 Å². The molecule has 1 aromatic heterocycles. The summed E-state index contributed by atoms with van der Waals surface area (Å²) in [4.78, 5) is 27.9. The molecule has 0 radical (unpaired) electrons. The number of hydrogen-bond acceptors (Lipinski definition) is 5. The van der Waals surface area contributed by atoms with E-state index in [1.165, 1.54) is 0 Å². The Balaban J connectivity index is 2.00. The monoisotopic (exact) mass is 331 g/mol. The molecule has 2 rings (SSSR count). The van der Waals surface area contributed by atoms with Crippen molar-refractivity contribution in [2.45, 2.75) is 38.5 Å². The number of aromatic nitrogens is 2. The van der Waals surface area contributed by atoms with Crippen molar-refractivity contribution >= 4 is 11.9 Å². The van der Waals surface area contributed by atoms with Crippen molar-refractivity contribution in [3.05, 3.63) is 47.6 Å². The molecular formula is C17H21N3O4. The number of nitrogens with zero attached hydrogens (tertiary/aromatic N) is 2. The van der Waals surface area contributed by atoms with E-state index in [0.29, 0.717) is 30.1 Å². The Morgan fingerprint density at radius 2 is 2.00 bits per heavy atom. The molecule has 0 aliphatic heterocycles. The topological polar surface area (TPSA) is 105 Å². The molecule has 0 aliphatic rings. The number of aryl methyl sites for hydroxylation is 2. The number of carbonyl (C=O) groups is 2. The highest BCUT2D eigenvalue weighted by atomic mass is 16.5. The van der Waals surface area contributed by atoms with Gasteiger partial charge < -0.3 is 14.9 Å². The zero-order valence-electron chi connectivity index (χ0n) is 13.8. The summed E-state index contributed by atoms with van der Waals surface area (Å²) in [5.41, 5.74) is -0.467. The average Bonchev–Trinajstić information content (AvgIpc) is 3.00. The number of carbonyl (C=O) groups excluding carboxylic acids is 1. The normalized spacial score (nSPS) is 13.2. The van der Waals surface area contributed by atoms with Crippen LogP contribution in [0.4, 0.5) is 0 Å². The van der Waals surface area contributed by atoms with Gasteiger partial charge in [-0.15, -0.1) is 0 Å². The smallest absolute Gasteiger partial charge is 0.315 e. The molecule has 0 saturated heterocycles. The van der Waals surface area contributed by atoms with Gasteiger partial charge in [0.25, 0.3) is 0 Å². The van der Waals surface area contributed by atoms with Gasteiger partial charge in [0.2, 0.25) is 11.8 Å². The minimum absolute atomic E-state index is 0.0323. The summed E-state index contributed by atoms with van der Waals surface area (Å²) in [7, 11) is 0. The van der Waals surface area contributed by atoms with E-state index in [0.717, 1.165) is 0 Å². The maximum atomic E-state index is 12.0. The molecule has 1 heterocycles. The Morgan fingerprint density at radius 3 is 2.54 bits per heavy atom. The number of hydrogen-bond donors (Lipinski definition) is 2. The Kier molecular flexibility index (Phi) is 5.68. The molecule has 128 valence electrons. The minimum atomic E-state index is -1.14. The molecule has 0 spiro atoms. The van der Waals surface area contributed by atoms with E-state index in [1.807, 2.05) is 6.07 Å². The highest BCUT2D eigenvalue weighted by Gasteiger charge is 2.38. The third-order valence-electron chi connectivity index (χ3n) is 4.06. The van der Waals surface area contributed by atoms with E-state index < -0.39 is 11.4 Å². The van der Waals surface area contributed by atoms with E-state index in [1.54, 1.807) is 38.1 Å². The number of benzene rings is 1. The van der Waals surface area contributed by atoms with Crippen LogP contribution in [-0.2, 0) is 21.4 Å². The summed E-state index contributed by atoms with van der Waals surface area (Å²) < 4.78 is 4.95. The van der Waals surface area contributed by atoms with Crippen LogP contribution in [0.3, 0.4) is 0 Å². The number of carboxylic acids is 1. The first-order valence-corrected chi connectivity index (χ1v) is 7.82. The van der Waals surface area contributed by atoms with Crippen LogP contribution in [0.5, 0.6) is 0 Å². The van der Waals surface area contributed by atoms with Crippen LogP contribution in [0.2, 0.25) is 0 Å². The molecule has 1 aromatic carbocycles. The lowest BCUT2D eigenvalue weighted by atomic mass is 9.78. The van der Waals surface area contributed by atoms with E-state index in [2.05, 4.69) is 15.5 Å². The molecule has 2 aromatic rings. The Labute approximate surface area is 140 Å². The molecule has 0 fully saturated rings. The average molecular weight is 331 g/mol. The molecule has 24 heavy (non-hydrogen) atoms. The van der Waals surface area contributed by atoms with Gasteiger partial charge in [-0.3, -0.25) is 9.59 Å². The van der Waals surface area contributed by atoms with Crippen molar-refractivity contribution in [2.75, 3.05) is 6.54 Å².